The van der Waals surface area contributed by atoms with Gasteiger partial charge in [-0.05, 0) is 30.4 Å². The number of rotatable bonds is 3. The van der Waals surface area contributed by atoms with Gasteiger partial charge in [-0.15, -0.1) is 11.3 Å². The summed E-state index contributed by atoms with van der Waals surface area (Å²) >= 11 is 1.69. The van der Waals surface area contributed by atoms with Gasteiger partial charge in [0.15, 0.2) is 0 Å². The summed E-state index contributed by atoms with van der Waals surface area (Å²) in [4.78, 5) is 3.19. The van der Waals surface area contributed by atoms with Gasteiger partial charge in [-0.3, -0.25) is 4.90 Å². The maximum absolute atomic E-state index is 12.7. The number of nitrogens with two attached hydrogens (primary N) is 1. The summed E-state index contributed by atoms with van der Waals surface area (Å²) in [6.45, 7) is 2.30. The molecule has 1 aliphatic rings. The van der Waals surface area contributed by atoms with Crippen molar-refractivity contribution in [2.45, 2.75) is 25.6 Å². The van der Waals surface area contributed by atoms with E-state index in [9.17, 15) is 13.2 Å². The molecule has 0 bridgehead atoms. The van der Waals surface area contributed by atoms with Gasteiger partial charge in [-0.1, -0.05) is 0 Å². The minimum Gasteiger partial charge on any atom is -0.330 e. The van der Waals surface area contributed by atoms with Crippen molar-refractivity contribution in [1.82, 2.24) is 4.90 Å². The van der Waals surface area contributed by atoms with Gasteiger partial charge in [0.25, 0.3) is 0 Å². The Morgan fingerprint density at radius 2 is 2.28 bits per heavy atom. The fourth-order valence-electron chi connectivity index (χ4n) is 2.41. The highest BCUT2D eigenvalue weighted by atomic mass is 32.1. The number of fused-ring (bicyclic) bond motifs is 1. The Balaban J connectivity index is 2.08. The smallest absolute Gasteiger partial charge is 0.330 e. The van der Waals surface area contributed by atoms with Gasteiger partial charge in [0.2, 0.25) is 0 Å². The van der Waals surface area contributed by atoms with E-state index in [2.05, 4.69) is 0 Å². The molecule has 0 spiro atoms. The SMILES string of the molecule is CC1c2ccsc2CCN1CC(CN)C(F)(F)F. The second kappa shape index (κ2) is 5.19. The molecule has 2 nitrogen and oxygen atoms in total. The minimum absolute atomic E-state index is 0.00352. The van der Waals surface area contributed by atoms with Crippen molar-refractivity contribution in [1.29, 1.82) is 0 Å². The van der Waals surface area contributed by atoms with Crippen molar-refractivity contribution in [3.05, 3.63) is 21.9 Å². The Morgan fingerprint density at radius 3 is 2.89 bits per heavy atom. The summed E-state index contributed by atoms with van der Waals surface area (Å²) in [5, 5.41) is 2.01. The highest BCUT2D eigenvalue weighted by Crippen LogP contribution is 2.35. The lowest BCUT2D eigenvalue weighted by molar-refractivity contribution is -0.177. The molecule has 18 heavy (non-hydrogen) atoms. The molecule has 2 heterocycles. The van der Waals surface area contributed by atoms with Crippen LogP contribution in [-0.2, 0) is 6.42 Å². The van der Waals surface area contributed by atoms with E-state index in [0.29, 0.717) is 6.54 Å². The minimum atomic E-state index is -4.20. The predicted molar refractivity (Wildman–Crippen MR) is 66.6 cm³/mol. The molecule has 0 aliphatic carbocycles. The van der Waals surface area contributed by atoms with E-state index in [-0.39, 0.29) is 19.1 Å². The van der Waals surface area contributed by atoms with Gasteiger partial charge >= 0.3 is 6.18 Å². The normalized spacial score (nSPS) is 22.8. The number of alkyl halides is 3. The molecule has 0 fully saturated rings. The van der Waals surface area contributed by atoms with Gasteiger partial charge in [0.05, 0.1) is 5.92 Å². The number of halogens is 3. The summed E-state index contributed by atoms with van der Waals surface area (Å²) in [5.41, 5.74) is 6.42. The topological polar surface area (TPSA) is 29.3 Å². The average Bonchev–Trinajstić information content (AvgIpc) is 2.75. The summed E-state index contributed by atoms with van der Waals surface area (Å²) in [6, 6.07) is 2.07. The molecule has 6 heteroatoms. The highest BCUT2D eigenvalue weighted by Gasteiger charge is 2.40. The molecule has 1 aromatic rings. The van der Waals surface area contributed by atoms with Crippen LogP contribution >= 0.6 is 11.3 Å². The molecule has 2 atom stereocenters. The van der Waals surface area contributed by atoms with Gasteiger partial charge in [-0.2, -0.15) is 13.2 Å². The first kappa shape index (κ1) is 13.8. The van der Waals surface area contributed by atoms with Crippen molar-refractivity contribution in [2.24, 2.45) is 11.7 Å². The van der Waals surface area contributed by atoms with E-state index < -0.39 is 12.1 Å². The van der Waals surface area contributed by atoms with Crippen molar-refractivity contribution in [2.75, 3.05) is 19.6 Å². The summed E-state index contributed by atoms with van der Waals surface area (Å²) < 4.78 is 38.2. The van der Waals surface area contributed by atoms with Crippen LogP contribution in [0.2, 0.25) is 0 Å². The maximum atomic E-state index is 12.7. The molecule has 2 rings (SSSR count). The Labute approximate surface area is 109 Å². The summed E-state index contributed by atoms with van der Waals surface area (Å²) in [6.07, 6.45) is -3.37. The third-order valence-corrected chi connectivity index (χ3v) is 4.60. The van der Waals surface area contributed by atoms with Crippen molar-refractivity contribution in [3.8, 4) is 0 Å². The quantitative estimate of drug-likeness (QED) is 0.921. The van der Waals surface area contributed by atoms with Gasteiger partial charge < -0.3 is 5.73 Å². The largest absolute Gasteiger partial charge is 0.394 e. The van der Waals surface area contributed by atoms with E-state index in [0.717, 1.165) is 6.42 Å². The first-order chi connectivity index (χ1) is 8.43. The van der Waals surface area contributed by atoms with Crippen LogP contribution in [0.5, 0.6) is 0 Å². The number of hydrogen-bond donors (Lipinski definition) is 1. The van der Waals surface area contributed by atoms with Crippen LogP contribution in [-0.4, -0.2) is 30.7 Å². The van der Waals surface area contributed by atoms with Crippen LogP contribution in [0.15, 0.2) is 11.4 Å². The predicted octanol–water partition coefficient (Wildman–Crippen LogP) is 2.80. The van der Waals surface area contributed by atoms with E-state index in [1.54, 1.807) is 11.3 Å². The lowest BCUT2D eigenvalue weighted by Gasteiger charge is -2.36. The Hall–Kier alpha value is -0.590. The van der Waals surface area contributed by atoms with Crippen LogP contribution in [0, 0.1) is 5.92 Å². The Bertz CT molecular complexity index is 402. The lowest BCUT2D eigenvalue weighted by atomic mass is 9.99. The van der Waals surface area contributed by atoms with E-state index in [1.165, 1.54) is 10.4 Å². The van der Waals surface area contributed by atoms with E-state index >= 15 is 0 Å². The second-order valence-electron chi connectivity index (χ2n) is 4.69. The zero-order valence-corrected chi connectivity index (χ0v) is 11.0. The molecular formula is C12H17F3N2S. The first-order valence-electron chi connectivity index (χ1n) is 6.00. The van der Waals surface area contributed by atoms with Crippen molar-refractivity contribution >= 4 is 11.3 Å². The zero-order valence-electron chi connectivity index (χ0n) is 10.2. The van der Waals surface area contributed by atoms with Crippen LogP contribution in [0.25, 0.3) is 0 Å². The maximum Gasteiger partial charge on any atom is 0.394 e. The van der Waals surface area contributed by atoms with Crippen molar-refractivity contribution in [3.63, 3.8) is 0 Å². The van der Waals surface area contributed by atoms with Gasteiger partial charge in [0.1, 0.15) is 0 Å². The molecule has 0 amide bonds. The van der Waals surface area contributed by atoms with E-state index in [4.69, 9.17) is 5.73 Å². The van der Waals surface area contributed by atoms with Crippen LogP contribution in [0.1, 0.15) is 23.4 Å². The Morgan fingerprint density at radius 1 is 1.56 bits per heavy atom. The lowest BCUT2D eigenvalue weighted by Crippen LogP contribution is -2.43. The molecule has 1 aliphatic heterocycles. The molecule has 1 aromatic heterocycles. The average molecular weight is 278 g/mol. The monoisotopic (exact) mass is 278 g/mol. The molecular weight excluding hydrogens is 261 g/mol. The summed E-state index contributed by atoms with van der Waals surface area (Å²) in [7, 11) is 0. The molecule has 2 N–H and O–H groups in total. The van der Waals surface area contributed by atoms with Crippen LogP contribution in [0.4, 0.5) is 13.2 Å². The standard InChI is InChI=1S/C12H17F3N2S/c1-8-10-3-5-18-11(10)2-4-17(8)7-9(6-16)12(13,14)15/h3,5,8-9H,2,4,6-7,16H2,1H3. The third-order valence-electron chi connectivity index (χ3n) is 3.61. The number of thiophene rings is 1. The molecule has 0 radical (unpaired) electrons. The Kier molecular flexibility index (Phi) is 3.99. The molecule has 102 valence electrons. The third kappa shape index (κ3) is 2.70. The van der Waals surface area contributed by atoms with E-state index in [1.807, 2.05) is 23.3 Å². The molecule has 0 aromatic carbocycles. The van der Waals surface area contributed by atoms with Crippen molar-refractivity contribution < 1.29 is 13.2 Å². The molecule has 2 unspecified atom stereocenters. The highest BCUT2D eigenvalue weighted by molar-refractivity contribution is 7.10. The van der Waals surface area contributed by atoms with Crippen LogP contribution < -0.4 is 5.73 Å². The molecule has 0 saturated carbocycles. The zero-order chi connectivity index (χ0) is 13.3. The second-order valence-corrected chi connectivity index (χ2v) is 5.69. The van der Waals surface area contributed by atoms with Gasteiger partial charge in [0, 0.05) is 30.6 Å². The number of hydrogen-bond acceptors (Lipinski definition) is 3. The fraction of sp³-hybridized carbons (Fsp3) is 0.667. The fourth-order valence-corrected chi connectivity index (χ4v) is 3.37. The van der Waals surface area contributed by atoms with Gasteiger partial charge in [-0.25, -0.2) is 0 Å². The number of nitrogens with zero attached hydrogens (tertiary/aromatic N) is 1. The van der Waals surface area contributed by atoms with Crippen LogP contribution in [0.3, 0.4) is 0 Å². The first-order valence-corrected chi connectivity index (χ1v) is 6.88. The summed E-state index contributed by atoms with van der Waals surface area (Å²) in [5.74, 6) is -1.43. The molecule has 0 saturated heterocycles.